The fourth-order valence-electron chi connectivity index (χ4n) is 1.49. The molecule has 0 bridgehead atoms. The lowest BCUT2D eigenvalue weighted by Gasteiger charge is -2.06. The van der Waals surface area contributed by atoms with E-state index in [0.717, 1.165) is 12.2 Å². The van der Waals surface area contributed by atoms with Crippen molar-refractivity contribution in [3.05, 3.63) is 47.3 Å². The first-order valence-electron chi connectivity index (χ1n) is 5.88. The number of hydrogen-bond donors (Lipinski definition) is 1. The topological polar surface area (TPSA) is 46.5 Å². The molecular weight excluding hydrogens is 280 g/mol. The number of thioether (sulfide) groups is 1. The second-order valence-electron chi connectivity index (χ2n) is 3.82. The van der Waals surface area contributed by atoms with Crippen molar-refractivity contribution in [1.29, 1.82) is 0 Å². The lowest BCUT2D eigenvalue weighted by Crippen LogP contribution is -2.01. The van der Waals surface area contributed by atoms with Crippen LogP contribution in [0.3, 0.4) is 0 Å². The molecule has 0 aliphatic carbocycles. The number of ether oxygens (including phenoxy) is 1. The van der Waals surface area contributed by atoms with Gasteiger partial charge < -0.3 is 9.84 Å². The normalized spacial score (nSPS) is 10.3. The van der Waals surface area contributed by atoms with Gasteiger partial charge in [-0.15, -0.1) is 23.1 Å². The molecule has 1 aromatic heterocycles. The van der Waals surface area contributed by atoms with Gasteiger partial charge >= 0.3 is 5.97 Å². The summed E-state index contributed by atoms with van der Waals surface area (Å²) in [6, 6.07) is 10.7. The Hall–Kier alpha value is -1.46. The van der Waals surface area contributed by atoms with E-state index < -0.39 is 5.97 Å². The molecule has 0 aliphatic rings. The summed E-state index contributed by atoms with van der Waals surface area (Å²) >= 11 is 3.55. The van der Waals surface area contributed by atoms with Crippen LogP contribution in [0.5, 0.6) is 5.75 Å². The SMILES string of the molecule is O=C(O)c1cccc(OCCCSc2cccs2)c1. The molecule has 19 heavy (non-hydrogen) atoms. The quantitative estimate of drug-likeness (QED) is 0.619. The maximum atomic E-state index is 10.8. The van der Waals surface area contributed by atoms with Crippen LogP contribution in [0.2, 0.25) is 0 Å². The Kier molecular flexibility index (Phi) is 5.30. The highest BCUT2D eigenvalue weighted by atomic mass is 32.2. The third-order valence-corrected chi connectivity index (χ3v) is 4.60. The number of carbonyl (C=O) groups is 1. The second kappa shape index (κ2) is 7.21. The molecule has 1 heterocycles. The summed E-state index contributed by atoms with van der Waals surface area (Å²) in [4.78, 5) is 10.8. The fourth-order valence-corrected chi connectivity index (χ4v) is 3.26. The van der Waals surface area contributed by atoms with E-state index in [1.807, 2.05) is 17.8 Å². The Balaban J connectivity index is 1.70. The fraction of sp³-hybridized carbons (Fsp3) is 0.214. The maximum Gasteiger partial charge on any atom is 0.335 e. The minimum Gasteiger partial charge on any atom is -0.494 e. The Morgan fingerprint density at radius 1 is 1.32 bits per heavy atom. The molecule has 0 saturated heterocycles. The molecule has 2 rings (SSSR count). The van der Waals surface area contributed by atoms with Gasteiger partial charge in [0.15, 0.2) is 0 Å². The summed E-state index contributed by atoms with van der Waals surface area (Å²) in [7, 11) is 0. The van der Waals surface area contributed by atoms with Gasteiger partial charge in [0, 0.05) is 5.75 Å². The molecule has 0 aliphatic heterocycles. The first-order chi connectivity index (χ1) is 9.25. The molecule has 0 atom stereocenters. The van der Waals surface area contributed by atoms with Gasteiger partial charge in [-0.2, -0.15) is 0 Å². The van der Waals surface area contributed by atoms with Crippen molar-refractivity contribution < 1.29 is 14.6 Å². The van der Waals surface area contributed by atoms with Gasteiger partial charge in [0.1, 0.15) is 5.75 Å². The average Bonchev–Trinajstić information content (AvgIpc) is 2.92. The predicted octanol–water partition coefficient (Wildman–Crippen LogP) is 4.01. The van der Waals surface area contributed by atoms with Gasteiger partial charge in [0.05, 0.1) is 16.4 Å². The van der Waals surface area contributed by atoms with E-state index in [2.05, 4.69) is 11.4 Å². The molecule has 0 radical (unpaired) electrons. The summed E-state index contributed by atoms with van der Waals surface area (Å²) < 4.78 is 6.86. The molecule has 0 unspecified atom stereocenters. The molecular formula is C14H14O3S2. The standard InChI is InChI=1S/C14H14O3S2/c15-14(16)11-4-1-5-12(10-11)17-7-3-9-19-13-6-2-8-18-13/h1-2,4-6,8,10H,3,7,9H2,(H,15,16). The van der Waals surface area contributed by atoms with Crippen LogP contribution in [0.15, 0.2) is 46.0 Å². The number of aromatic carboxylic acids is 1. The van der Waals surface area contributed by atoms with E-state index in [9.17, 15) is 4.79 Å². The van der Waals surface area contributed by atoms with Gasteiger partial charge in [-0.25, -0.2) is 4.79 Å². The van der Waals surface area contributed by atoms with E-state index in [1.54, 1.807) is 35.6 Å². The Bertz CT molecular complexity index is 523. The molecule has 0 fully saturated rings. The number of hydrogen-bond acceptors (Lipinski definition) is 4. The van der Waals surface area contributed by atoms with Crippen molar-refractivity contribution in [3.8, 4) is 5.75 Å². The van der Waals surface area contributed by atoms with Crippen LogP contribution in [0.1, 0.15) is 16.8 Å². The first kappa shape index (κ1) is 14.0. The minimum atomic E-state index is -0.932. The lowest BCUT2D eigenvalue weighted by molar-refractivity contribution is 0.0696. The molecule has 0 spiro atoms. The van der Waals surface area contributed by atoms with Crippen molar-refractivity contribution >= 4 is 29.1 Å². The van der Waals surface area contributed by atoms with E-state index in [-0.39, 0.29) is 5.56 Å². The zero-order valence-electron chi connectivity index (χ0n) is 10.2. The molecule has 2 aromatic rings. The third-order valence-electron chi connectivity index (χ3n) is 2.38. The minimum absolute atomic E-state index is 0.255. The van der Waals surface area contributed by atoms with Crippen LogP contribution < -0.4 is 4.74 Å². The van der Waals surface area contributed by atoms with Crippen molar-refractivity contribution in [2.24, 2.45) is 0 Å². The van der Waals surface area contributed by atoms with E-state index in [4.69, 9.17) is 9.84 Å². The second-order valence-corrected chi connectivity index (χ2v) is 6.16. The molecule has 5 heteroatoms. The maximum absolute atomic E-state index is 10.8. The lowest BCUT2D eigenvalue weighted by atomic mass is 10.2. The van der Waals surface area contributed by atoms with Gasteiger partial charge in [0.25, 0.3) is 0 Å². The molecule has 1 N–H and O–H groups in total. The van der Waals surface area contributed by atoms with E-state index in [0.29, 0.717) is 12.4 Å². The van der Waals surface area contributed by atoms with Crippen molar-refractivity contribution in [2.75, 3.05) is 12.4 Å². The average molecular weight is 294 g/mol. The molecule has 0 amide bonds. The number of carboxylic acids is 1. The highest BCUT2D eigenvalue weighted by Crippen LogP contribution is 2.23. The zero-order valence-corrected chi connectivity index (χ0v) is 11.9. The van der Waals surface area contributed by atoms with Crippen LogP contribution in [-0.4, -0.2) is 23.4 Å². The van der Waals surface area contributed by atoms with Crippen molar-refractivity contribution in [2.45, 2.75) is 10.6 Å². The summed E-state index contributed by atoms with van der Waals surface area (Å²) in [5.41, 5.74) is 0.255. The Morgan fingerprint density at radius 3 is 2.95 bits per heavy atom. The van der Waals surface area contributed by atoms with Crippen molar-refractivity contribution in [1.82, 2.24) is 0 Å². The Morgan fingerprint density at radius 2 is 2.21 bits per heavy atom. The van der Waals surface area contributed by atoms with Crippen LogP contribution in [0.4, 0.5) is 0 Å². The summed E-state index contributed by atoms with van der Waals surface area (Å²) in [6.45, 7) is 0.599. The highest BCUT2D eigenvalue weighted by Gasteiger charge is 2.03. The number of benzene rings is 1. The highest BCUT2D eigenvalue weighted by molar-refractivity contribution is 8.01. The van der Waals surface area contributed by atoms with Crippen molar-refractivity contribution in [3.63, 3.8) is 0 Å². The number of carboxylic acid groups (broad SMARTS) is 1. The van der Waals surface area contributed by atoms with Crippen LogP contribution in [0, 0.1) is 0 Å². The summed E-state index contributed by atoms with van der Waals surface area (Å²) in [5.74, 6) is 0.679. The van der Waals surface area contributed by atoms with E-state index >= 15 is 0 Å². The summed E-state index contributed by atoms with van der Waals surface area (Å²) in [5, 5.41) is 10.9. The third kappa shape index (κ3) is 4.61. The smallest absolute Gasteiger partial charge is 0.335 e. The van der Waals surface area contributed by atoms with Crippen LogP contribution in [-0.2, 0) is 0 Å². The predicted molar refractivity (Wildman–Crippen MR) is 78.6 cm³/mol. The van der Waals surface area contributed by atoms with Gasteiger partial charge in [-0.05, 0) is 36.1 Å². The molecule has 1 aromatic carbocycles. The largest absolute Gasteiger partial charge is 0.494 e. The summed E-state index contributed by atoms with van der Waals surface area (Å²) in [6.07, 6.45) is 0.930. The monoisotopic (exact) mass is 294 g/mol. The van der Waals surface area contributed by atoms with Gasteiger partial charge in [0.2, 0.25) is 0 Å². The first-order valence-corrected chi connectivity index (χ1v) is 7.75. The van der Waals surface area contributed by atoms with Crippen LogP contribution in [0.25, 0.3) is 0 Å². The molecule has 100 valence electrons. The van der Waals surface area contributed by atoms with Gasteiger partial charge in [-0.3, -0.25) is 0 Å². The van der Waals surface area contributed by atoms with E-state index in [1.165, 1.54) is 4.21 Å². The van der Waals surface area contributed by atoms with Gasteiger partial charge in [-0.1, -0.05) is 12.1 Å². The molecule has 0 saturated carbocycles. The zero-order chi connectivity index (χ0) is 13.5. The molecule has 3 nitrogen and oxygen atoms in total. The Labute approximate surface area is 120 Å². The van der Waals surface area contributed by atoms with Crippen LogP contribution >= 0.6 is 23.1 Å². The number of rotatable bonds is 7. The number of thiophene rings is 1.